The summed E-state index contributed by atoms with van der Waals surface area (Å²) in [6.07, 6.45) is 3.92. The monoisotopic (exact) mass is 250 g/mol. The number of carbonyl (C=O) groups excluding carboxylic acids is 2. The molecule has 5 heteroatoms. The largest absolute Gasteiger partial charge is 0.469 e. The minimum atomic E-state index is -0.117. The normalized spacial score (nSPS) is 15.2. The first-order valence-electron chi connectivity index (χ1n) is 6.28. The molecule has 2 heterocycles. The molecule has 1 saturated heterocycles. The summed E-state index contributed by atoms with van der Waals surface area (Å²) in [6, 6.07) is 1.66. The Labute approximate surface area is 106 Å². The lowest BCUT2D eigenvalue weighted by atomic mass is 10.2. The van der Waals surface area contributed by atoms with Crippen molar-refractivity contribution in [3.63, 3.8) is 0 Å². The maximum absolute atomic E-state index is 11.7. The first kappa shape index (κ1) is 12.7. The minimum Gasteiger partial charge on any atom is -0.469 e. The Morgan fingerprint density at radius 1 is 1.56 bits per heavy atom. The lowest BCUT2D eigenvalue weighted by molar-refractivity contribution is -0.127. The van der Waals surface area contributed by atoms with E-state index in [1.54, 1.807) is 13.0 Å². The Balaban J connectivity index is 1.68. The zero-order valence-corrected chi connectivity index (χ0v) is 10.6. The maximum atomic E-state index is 11.7. The first-order valence-corrected chi connectivity index (χ1v) is 6.28. The van der Waals surface area contributed by atoms with E-state index in [1.165, 1.54) is 6.26 Å². The zero-order valence-electron chi connectivity index (χ0n) is 10.6. The molecule has 2 rings (SSSR count). The second-order valence-electron chi connectivity index (χ2n) is 4.48. The van der Waals surface area contributed by atoms with E-state index >= 15 is 0 Å². The zero-order chi connectivity index (χ0) is 13.0. The van der Waals surface area contributed by atoms with Gasteiger partial charge in [0.25, 0.3) is 5.91 Å². The molecule has 0 aromatic carbocycles. The van der Waals surface area contributed by atoms with Crippen LogP contribution >= 0.6 is 0 Å². The number of furan rings is 1. The van der Waals surface area contributed by atoms with Gasteiger partial charge in [-0.25, -0.2) is 0 Å². The minimum absolute atomic E-state index is 0.117. The standard InChI is InChI=1S/C13H18N2O3/c1-10-11(5-9-18-10)13(17)14-6-3-8-15-7-2-4-12(15)16/h5,9H,2-4,6-8H2,1H3,(H,14,17). The van der Waals surface area contributed by atoms with E-state index in [2.05, 4.69) is 5.32 Å². The van der Waals surface area contributed by atoms with Gasteiger partial charge in [-0.05, 0) is 25.8 Å². The molecule has 5 nitrogen and oxygen atoms in total. The van der Waals surface area contributed by atoms with Crippen molar-refractivity contribution in [2.24, 2.45) is 0 Å². The van der Waals surface area contributed by atoms with Crippen LogP contribution in [0.3, 0.4) is 0 Å². The van der Waals surface area contributed by atoms with E-state index in [4.69, 9.17) is 4.42 Å². The average Bonchev–Trinajstić information content (AvgIpc) is 2.94. The van der Waals surface area contributed by atoms with E-state index < -0.39 is 0 Å². The van der Waals surface area contributed by atoms with Gasteiger partial charge in [0.05, 0.1) is 11.8 Å². The molecule has 18 heavy (non-hydrogen) atoms. The number of nitrogens with zero attached hydrogens (tertiary/aromatic N) is 1. The second-order valence-corrected chi connectivity index (χ2v) is 4.48. The van der Waals surface area contributed by atoms with Gasteiger partial charge in [0.1, 0.15) is 5.76 Å². The van der Waals surface area contributed by atoms with Gasteiger partial charge in [0.2, 0.25) is 5.91 Å². The Hall–Kier alpha value is -1.78. The summed E-state index contributed by atoms with van der Waals surface area (Å²) in [5.74, 6) is 0.739. The Morgan fingerprint density at radius 3 is 3.00 bits per heavy atom. The highest BCUT2D eigenvalue weighted by atomic mass is 16.3. The summed E-state index contributed by atoms with van der Waals surface area (Å²) in [7, 11) is 0. The Morgan fingerprint density at radius 2 is 2.39 bits per heavy atom. The van der Waals surface area contributed by atoms with Gasteiger partial charge >= 0.3 is 0 Å². The summed E-state index contributed by atoms with van der Waals surface area (Å²) in [6.45, 7) is 3.92. The summed E-state index contributed by atoms with van der Waals surface area (Å²) in [5, 5.41) is 2.83. The van der Waals surface area contributed by atoms with Gasteiger partial charge in [-0.15, -0.1) is 0 Å². The molecular formula is C13H18N2O3. The highest BCUT2D eigenvalue weighted by Crippen LogP contribution is 2.10. The van der Waals surface area contributed by atoms with Gasteiger partial charge in [0.15, 0.2) is 0 Å². The molecule has 1 fully saturated rings. The number of likely N-dealkylation sites (tertiary alicyclic amines) is 1. The smallest absolute Gasteiger partial charge is 0.254 e. The van der Waals surface area contributed by atoms with Crippen molar-refractivity contribution >= 4 is 11.8 Å². The number of aryl methyl sites for hydroxylation is 1. The molecule has 2 amide bonds. The van der Waals surface area contributed by atoms with Crippen molar-refractivity contribution in [1.29, 1.82) is 0 Å². The van der Waals surface area contributed by atoms with Crippen molar-refractivity contribution in [3.8, 4) is 0 Å². The molecule has 1 N–H and O–H groups in total. The van der Waals surface area contributed by atoms with Crippen LogP contribution in [-0.2, 0) is 4.79 Å². The number of rotatable bonds is 5. The number of hydrogen-bond donors (Lipinski definition) is 1. The van der Waals surface area contributed by atoms with Gasteiger partial charge in [0, 0.05) is 26.1 Å². The van der Waals surface area contributed by atoms with Crippen LogP contribution in [0.5, 0.6) is 0 Å². The molecule has 1 aliphatic heterocycles. The van der Waals surface area contributed by atoms with Crippen LogP contribution in [-0.4, -0.2) is 36.3 Å². The number of carbonyl (C=O) groups is 2. The van der Waals surface area contributed by atoms with Crippen LogP contribution in [0.1, 0.15) is 35.4 Å². The van der Waals surface area contributed by atoms with Gasteiger partial charge in [-0.3, -0.25) is 9.59 Å². The summed E-state index contributed by atoms with van der Waals surface area (Å²) < 4.78 is 5.07. The fraction of sp³-hybridized carbons (Fsp3) is 0.538. The Kier molecular flexibility index (Phi) is 4.02. The van der Waals surface area contributed by atoms with Crippen molar-refractivity contribution in [3.05, 3.63) is 23.7 Å². The fourth-order valence-electron chi connectivity index (χ4n) is 2.13. The molecular weight excluding hydrogens is 232 g/mol. The van der Waals surface area contributed by atoms with E-state index in [0.29, 0.717) is 24.3 Å². The molecule has 1 aliphatic rings. The molecule has 0 radical (unpaired) electrons. The van der Waals surface area contributed by atoms with E-state index in [1.807, 2.05) is 4.90 Å². The van der Waals surface area contributed by atoms with Crippen molar-refractivity contribution in [1.82, 2.24) is 10.2 Å². The molecule has 1 aromatic rings. The van der Waals surface area contributed by atoms with Crippen molar-refractivity contribution in [2.45, 2.75) is 26.2 Å². The molecule has 0 aliphatic carbocycles. The third kappa shape index (κ3) is 2.91. The molecule has 0 spiro atoms. The SMILES string of the molecule is Cc1occc1C(=O)NCCCN1CCCC1=O. The number of amides is 2. The molecule has 1 aromatic heterocycles. The van der Waals surface area contributed by atoms with Crippen LogP contribution in [0.2, 0.25) is 0 Å². The molecule has 0 saturated carbocycles. The van der Waals surface area contributed by atoms with Crippen LogP contribution in [0.4, 0.5) is 0 Å². The Bertz CT molecular complexity index is 439. The van der Waals surface area contributed by atoms with E-state index in [-0.39, 0.29) is 11.8 Å². The topological polar surface area (TPSA) is 62.6 Å². The van der Waals surface area contributed by atoms with Crippen LogP contribution in [0, 0.1) is 6.92 Å². The van der Waals surface area contributed by atoms with Crippen LogP contribution in [0.15, 0.2) is 16.7 Å². The average molecular weight is 250 g/mol. The van der Waals surface area contributed by atoms with Gasteiger partial charge in [-0.1, -0.05) is 0 Å². The quantitative estimate of drug-likeness (QED) is 0.802. The summed E-state index contributed by atoms with van der Waals surface area (Å²) in [5.41, 5.74) is 0.576. The predicted octanol–water partition coefficient (Wildman–Crippen LogP) is 1.33. The number of hydrogen-bond acceptors (Lipinski definition) is 3. The molecule has 0 bridgehead atoms. The van der Waals surface area contributed by atoms with Crippen molar-refractivity contribution < 1.29 is 14.0 Å². The first-order chi connectivity index (χ1) is 8.68. The van der Waals surface area contributed by atoms with E-state index in [9.17, 15) is 9.59 Å². The third-order valence-electron chi connectivity index (χ3n) is 3.17. The number of nitrogens with one attached hydrogen (secondary N) is 1. The highest BCUT2D eigenvalue weighted by Gasteiger charge is 2.19. The van der Waals surface area contributed by atoms with Crippen LogP contribution in [0.25, 0.3) is 0 Å². The molecule has 98 valence electrons. The summed E-state index contributed by atoms with van der Waals surface area (Å²) in [4.78, 5) is 25.0. The lowest BCUT2D eigenvalue weighted by Crippen LogP contribution is -2.30. The van der Waals surface area contributed by atoms with Gasteiger partial charge in [-0.2, -0.15) is 0 Å². The summed E-state index contributed by atoms with van der Waals surface area (Å²) >= 11 is 0. The lowest BCUT2D eigenvalue weighted by Gasteiger charge is -2.15. The second kappa shape index (κ2) is 5.71. The van der Waals surface area contributed by atoms with E-state index in [0.717, 1.165) is 25.9 Å². The van der Waals surface area contributed by atoms with Crippen LogP contribution < -0.4 is 5.32 Å². The van der Waals surface area contributed by atoms with Crippen molar-refractivity contribution in [2.75, 3.05) is 19.6 Å². The maximum Gasteiger partial charge on any atom is 0.254 e. The van der Waals surface area contributed by atoms with Gasteiger partial charge < -0.3 is 14.6 Å². The third-order valence-corrected chi connectivity index (χ3v) is 3.17. The molecule has 0 atom stereocenters. The predicted molar refractivity (Wildman–Crippen MR) is 66.2 cm³/mol. The highest BCUT2D eigenvalue weighted by molar-refractivity contribution is 5.94. The fourth-order valence-corrected chi connectivity index (χ4v) is 2.13. The molecule has 0 unspecified atom stereocenters.